The second kappa shape index (κ2) is 7.57. The van der Waals surface area contributed by atoms with E-state index in [1.54, 1.807) is 0 Å². The topological polar surface area (TPSA) is 72.2 Å². The van der Waals surface area contributed by atoms with E-state index < -0.39 is 29.0 Å². The number of nitrogens with two attached hydrogens (primary N) is 1. The van der Waals surface area contributed by atoms with E-state index in [0.29, 0.717) is 0 Å². The molecule has 1 fully saturated rings. The first-order chi connectivity index (χ1) is 7.85. The van der Waals surface area contributed by atoms with Gasteiger partial charge in [0, 0.05) is 0 Å². The van der Waals surface area contributed by atoms with E-state index in [1.807, 2.05) is 4.72 Å². The first-order valence-electron chi connectivity index (χ1n) is 5.90. The minimum Gasteiger partial charge on any atom is -0.325 e. The summed E-state index contributed by atoms with van der Waals surface area (Å²) in [6, 6.07) is 0. The summed E-state index contributed by atoms with van der Waals surface area (Å²) < 4.78 is 50.7. The lowest BCUT2D eigenvalue weighted by Gasteiger charge is -2.22. The van der Waals surface area contributed by atoms with Crippen LogP contribution in [-0.4, -0.2) is 33.2 Å². The quantitative estimate of drug-likeness (QED) is 0.781. The van der Waals surface area contributed by atoms with Crippen LogP contribution < -0.4 is 10.5 Å². The van der Waals surface area contributed by atoms with E-state index in [2.05, 4.69) is 0 Å². The Kier molecular flexibility index (Phi) is 7.58. The van der Waals surface area contributed by atoms with Crippen molar-refractivity contribution in [2.45, 2.75) is 38.0 Å². The largest absolute Gasteiger partial charge is 0.325 e. The summed E-state index contributed by atoms with van der Waals surface area (Å²) in [6.45, 7) is -1.75. The van der Waals surface area contributed by atoms with Crippen molar-refractivity contribution in [2.75, 3.05) is 18.8 Å². The average molecular weight is 307 g/mol. The lowest BCUT2D eigenvalue weighted by molar-refractivity contribution is 0.0170. The van der Waals surface area contributed by atoms with E-state index in [4.69, 9.17) is 5.73 Å². The molecule has 0 aromatic rings. The number of hydrogen-bond donors (Lipinski definition) is 2. The zero-order valence-electron chi connectivity index (χ0n) is 10.2. The maximum absolute atomic E-state index is 12.8. The third-order valence-electron chi connectivity index (χ3n) is 3.03. The fraction of sp³-hybridized carbons (Fsp3) is 1.00. The van der Waals surface area contributed by atoms with Crippen LogP contribution in [0.1, 0.15) is 32.1 Å². The van der Waals surface area contributed by atoms with Gasteiger partial charge in [0.2, 0.25) is 10.0 Å². The van der Waals surface area contributed by atoms with Crippen LogP contribution >= 0.6 is 12.4 Å². The molecular weight excluding hydrogens is 286 g/mol. The van der Waals surface area contributed by atoms with Crippen molar-refractivity contribution in [1.29, 1.82) is 0 Å². The monoisotopic (exact) mass is 306 g/mol. The summed E-state index contributed by atoms with van der Waals surface area (Å²) in [7, 11) is -3.61. The van der Waals surface area contributed by atoms with Crippen LogP contribution in [0.5, 0.6) is 0 Å². The number of hydrogen-bond acceptors (Lipinski definition) is 3. The molecule has 4 nitrogen and oxygen atoms in total. The van der Waals surface area contributed by atoms with Gasteiger partial charge in [0.05, 0.1) is 18.8 Å². The number of nitrogens with one attached hydrogen (secondary N) is 1. The zero-order chi connectivity index (χ0) is 12.9. The summed E-state index contributed by atoms with van der Waals surface area (Å²) in [5, 5.41) is 0. The Bertz CT molecular complexity index is 333. The standard InChI is InChI=1S/C10H20F2N2O2S.ClH/c11-10(12,7-13)8-14-17(15,16)6-9-4-2-1-3-5-9;/h9,14H,1-8,13H2;1H. The third-order valence-corrected chi connectivity index (χ3v) is 4.52. The third kappa shape index (κ3) is 6.82. The molecule has 1 aliphatic rings. The maximum atomic E-state index is 12.8. The molecule has 1 saturated carbocycles. The van der Waals surface area contributed by atoms with Crippen molar-refractivity contribution in [1.82, 2.24) is 4.72 Å². The van der Waals surface area contributed by atoms with Crippen LogP contribution in [0.3, 0.4) is 0 Å². The van der Waals surface area contributed by atoms with Gasteiger partial charge in [-0.15, -0.1) is 12.4 Å². The van der Waals surface area contributed by atoms with Gasteiger partial charge in [0.1, 0.15) is 0 Å². The number of rotatable bonds is 6. The second-order valence-electron chi connectivity index (χ2n) is 4.67. The molecule has 0 radical (unpaired) electrons. The minimum absolute atomic E-state index is 0. The van der Waals surface area contributed by atoms with Gasteiger partial charge in [-0.2, -0.15) is 0 Å². The molecule has 0 saturated heterocycles. The summed E-state index contributed by atoms with van der Waals surface area (Å²) >= 11 is 0. The smallest absolute Gasteiger partial charge is 0.273 e. The highest BCUT2D eigenvalue weighted by Gasteiger charge is 2.30. The summed E-state index contributed by atoms with van der Waals surface area (Å²) in [6.07, 6.45) is 4.93. The molecule has 0 bridgehead atoms. The molecule has 110 valence electrons. The molecule has 0 unspecified atom stereocenters. The zero-order valence-corrected chi connectivity index (χ0v) is 11.8. The van der Waals surface area contributed by atoms with Crippen molar-refractivity contribution in [3.8, 4) is 0 Å². The van der Waals surface area contributed by atoms with Crippen LogP contribution in [0.2, 0.25) is 0 Å². The highest BCUT2D eigenvalue weighted by Crippen LogP contribution is 2.24. The SMILES string of the molecule is Cl.NCC(F)(F)CNS(=O)(=O)CC1CCCCC1. The van der Waals surface area contributed by atoms with Crippen LogP contribution in [0.15, 0.2) is 0 Å². The number of alkyl halides is 2. The molecule has 0 atom stereocenters. The molecule has 0 aromatic carbocycles. The number of sulfonamides is 1. The Morgan fingerprint density at radius 1 is 1.22 bits per heavy atom. The van der Waals surface area contributed by atoms with Gasteiger partial charge in [-0.3, -0.25) is 0 Å². The van der Waals surface area contributed by atoms with Crippen molar-refractivity contribution in [3.05, 3.63) is 0 Å². The van der Waals surface area contributed by atoms with Gasteiger partial charge < -0.3 is 5.73 Å². The van der Waals surface area contributed by atoms with Crippen molar-refractivity contribution in [3.63, 3.8) is 0 Å². The van der Waals surface area contributed by atoms with Crippen molar-refractivity contribution >= 4 is 22.4 Å². The lowest BCUT2D eigenvalue weighted by atomic mass is 9.91. The molecular formula is C10H21ClF2N2O2S. The fourth-order valence-corrected chi connectivity index (χ4v) is 3.51. The first-order valence-corrected chi connectivity index (χ1v) is 7.55. The molecule has 1 rings (SSSR count). The Labute approximate surface area is 113 Å². The Balaban J connectivity index is 0.00000289. The molecule has 0 aromatic heterocycles. The van der Waals surface area contributed by atoms with E-state index in [0.717, 1.165) is 32.1 Å². The highest BCUT2D eigenvalue weighted by atomic mass is 35.5. The van der Waals surface area contributed by atoms with Gasteiger partial charge in [-0.1, -0.05) is 19.3 Å². The van der Waals surface area contributed by atoms with Crippen LogP contribution in [0.4, 0.5) is 8.78 Å². The number of halogens is 3. The Hall–Kier alpha value is 0.0200. The minimum atomic E-state index is -3.61. The van der Waals surface area contributed by atoms with Gasteiger partial charge >= 0.3 is 0 Å². The second-order valence-corrected chi connectivity index (χ2v) is 6.52. The molecule has 0 spiro atoms. The lowest BCUT2D eigenvalue weighted by Crippen LogP contribution is -2.43. The van der Waals surface area contributed by atoms with Gasteiger partial charge in [-0.25, -0.2) is 21.9 Å². The first kappa shape index (κ1) is 18.0. The van der Waals surface area contributed by atoms with Crippen molar-refractivity contribution < 1.29 is 17.2 Å². The normalized spacial score (nSPS) is 18.4. The van der Waals surface area contributed by atoms with Crippen molar-refractivity contribution in [2.24, 2.45) is 11.7 Å². The van der Waals surface area contributed by atoms with Gasteiger partial charge in [0.15, 0.2) is 0 Å². The van der Waals surface area contributed by atoms with E-state index >= 15 is 0 Å². The van der Waals surface area contributed by atoms with E-state index in [1.165, 1.54) is 0 Å². The molecule has 0 heterocycles. The highest BCUT2D eigenvalue weighted by molar-refractivity contribution is 7.89. The molecule has 3 N–H and O–H groups in total. The van der Waals surface area contributed by atoms with E-state index in [-0.39, 0.29) is 24.1 Å². The van der Waals surface area contributed by atoms with E-state index in [9.17, 15) is 17.2 Å². The van der Waals surface area contributed by atoms with Gasteiger partial charge in [0.25, 0.3) is 5.92 Å². The Morgan fingerprint density at radius 2 is 1.78 bits per heavy atom. The summed E-state index contributed by atoms with van der Waals surface area (Å²) in [5.74, 6) is -3.11. The Morgan fingerprint density at radius 3 is 2.28 bits per heavy atom. The predicted octanol–water partition coefficient (Wildman–Crippen LogP) is 1.50. The predicted molar refractivity (Wildman–Crippen MR) is 69.6 cm³/mol. The summed E-state index contributed by atoms with van der Waals surface area (Å²) in [5.41, 5.74) is 4.84. The summed E-state index contributed by atoms with van der Waals surface area (Å²) in [4.78, 5) is 0. The van der Waals surface area contributed by atoms with Crippen LogP contribution in [0.25, 0.3) is 0 Å². The molecule has 1 aliphatic carbocycles. The van der Waals surface area contributed by atoms with Gasteiger partial charge in [-0.05, 0) is 18.8 Å². The van der Waals surface area contributed by atoms with Crippen LogP contribution in [0, 0.1) is 5.92 Å². The van der Waals surface area contributed by atoms with Crippen LogP contribution in [-0.2, 0) is 10.0 Å². The average Bonchev–Trinajstić information content (AvgIpc) is 2.28. The maximum Gasteiger partial charge on any atom is 0.273 e. The molecule has 8 heteroatoms. The molecule has 0 amide bonds. The molecule has 0 aliphatic heterocycles. The fourth-order valence-electron chi connectivity index (χ4n) is 2.01. The molecule has 18 heavy (non-hydrogen) atoms.